The number of benzene rings is 2. The lowest BCUT2D eigenvalue weighted by Crippen LogP contribution is -2.30. The van der Waals surface area contributed by atoms with Crippen molar-refractivity contribution in [1.82, 2.24) is 4.72 Å². The van der Waals surface area contributed by atoms with E-state index < -0.39 is 16.1 Å². The molecular formula is C17H19NO3S. The molecular weight excluding hydrogens is 298 g/mol. The molecule has 5 heteroatoms. The summed E-state index contributed by atoms with van der Waals surface area (Å²) in [5.74, 6) is 0.335. The predicted octanol–water partition coefficient (Wildman–Crippen LogP) is 3.17. The van der Waals surface area contributed by atoms with Crippen LogP contribution in [0.3, 0.4) is 0 Å². The lowest BCUT2D eigenvalue weighted by molar-refractivity contribution is 0.262. The summed E-state index contributed by atoms with van der Waals surface area (Å²) in [6.07, 6.45) is 0. The summed E-state index contributed by atoms with van der Waals surface area (Å²) in [5, 5.41) is 0. The summed E-state index contributed by atoms with van der Waals surface area (Å²) in [4.78, 5) is 0.211. The van der Waals surface area contributed by atoms with Gasteiger partial charge < -0.3 is 4.74 Å². The normalized spacial score (nSPS) is 12.6. The second-order valence-electron chi connectivity index (χ2n) is 4.95. The zero-order valence-corrected chi connectivity index (χ0v) is 13.4. The van der Waals surface area contributed by atoms with Crippen molar-refractivity contribution in [2.45, 2.75) is 17.9 Å². The molecule has 0 fully saturated rings. The van der Waals surface area contributed by atoms with Crippen LogP contribution in [-0.2, 0) is 14.8 Å². The van der Waals surface area contributed by atoms with Gasteiger partial charge in [-0.1, -0.05) is 54.6 Å². The van der Waals surface area contributed by atoms with Gasteiger partial charge in [-0.15, -0.1) is 0 Å². The first-order valence-electron chi connectivity index (χ1n) is 6.81. The van der Waals surface area contributed by atoms with Gasteiger partial charge in [-0.2, -0.15) is 4.72 Å². The molecule has 1 atom stereocenters. The summed E-state index contributed by atoms with van der Waals surface area (Å²) in [7, 11) is -2.20. The first-order chi connectivity index (χ1) is 10.4. The highest BCUT2D eigenvalue weighted by Crippen LogP contribution is 2.23. The van der Waals surface area contributed by atoms with E-state index in [1.807, 2.05) is 37.3 Å². The Bertz CT molecular complexity index is 737. The Hall–Kier alpha value is -2.11. The van der Waals surface area contributed by atoms with E-state index in [2.05, 4.69) is 11.3 Å². The topological polar surface area (TPSA) is 55.4 Å². The summed E-state index contributed by atoms with van der Waals surface area (Å²) in [6.45, 7) is 5.70. The van der Waals surface area contributed by atoms with E-state index in [1.54, 1.807) is 24.3 Å². The van der Waals surface area contributed by atoms with Crippen LogP contribution in [0.15, 0.2) is 71.8 Å². The molecule has 2 rings (SSSR count). The number of hydrogen-bond acceptors (Lipinski definition) is 3. The second-order valence-corrected chi connectivity index (χ2v) is 6.66. The maximum Gasteiger partial charge on any atom is 0.241 e. The average Bonchev–Trinajstić information content (AvgIpc) is 2.53. The molecule has 22 heavy (non-hydrogen) atoms. The van der Waals surface area contributed by atoms with Gasteiger partial charge in [0.25, 0.3) is 0 Å². The number of hydrogen-bond donors (Lipinski definition) is 1. The van der Waals surface area contributed by atoms with Crippen LogP contribution >= 0.6 is 0 Å². The molecule has 0 amide bonds. The van der Waals surface area contributed by atoms with Gasteiger partial charge >= 0.3 is 0 Å². The van der Waals surface area contributed by atoms with Crippen LogP contribution in [0.2, 0.25) is 0 Å². The molecule has 0 aromatic heterocycles. The smallest absolute Gasteiger partial charge is 0.241 e. The fraction of sp³-hybridized carbons (Fsp3) is 0.176. The van der Waals surface area contributed by atoms with Crippen molar-refractivity contribution in [2.75, 3.05) is 7.11 Å². The first kappa shape index (κ1) is 16.3. The molecule has 0 aliphatic rings. The molecule has 1 N–H and O–H groups in total. The third kappa shape index (κ3) is 3.75. The van der Waals surface area contributed by atoms with Gasteiger partial charge in [0.15, 0.2) is 0 Å². The van der Waals surface area contributed by atoms with E-state index in [-0.39, 0.29) is 4.90 Å². The quantitative estimate of drug-likeness (QED) is 0.833. The standard InChI is InChI=1S/C17H19NO3S/c1-13-9-11-16(12-10-13)22(19,20)18-17(14(2)21-3)15-7-5-4-6-8-15/h4-12,17-18H,2H2,1,3H3. The molecule has 4 nitrogen and oxygen atoms in total. The Morgan fingerprint density at radius 3 is 2.23 bits per heavy atom. The Morgan fingerprint density at radius 2 is 1.68 bits per heavy atom. The van der Waals surface area contributed by atoms with Crippen LogP contribution in [0.25, 0.3) is 0 Å². The first-order valence-corrected chi connectivity index (χ1v) is 8.29. The second kappa shape index (κ2) is 6.77. The average molecular weight is 317 g/mol. The number of rotatable bonds is 6. The summed E-state index contributed by atoms with van der Waals surface area (Å²) in [6, 6.07) is 15.2. The van der Waals surface area contributed by atoms with Crippen molar-refractivity contribution in [3.8, 4) is 0 Å². The van der Waals surface area contributed by atoms with Gasteiger partial charge in [-0.25, -0.2) is 8.42 Å². The number of sulfonamides is 1. The number of ether oxygens (including phenoxy) is 1. The van der Waals surface area contributed by atoms with Crippen LogP contribution < -0.4 is 4.72 Å². The van der Waals surface area contributed by atoms with Crippen LogP contribution in [0.5, 0.6) is 0 Å². The van der Waals surface area contributed by atoms with Gasteiger partial charge in [-0.3, -0.25) is 0 Å². The SMILES string of the molecule is C=C(OC)C(NS(=O)(=O)c1ccc(C)cc1)c1ccccc1. The van der Waals surface area contributed by atoms with E-state index in [0.29, 0.717) is 5.76 Å². The summed E-state index contributed by atoms with van der Waals surface area (Å²) >= 11 is 0. The van der Waals surface area contributed by atoms with Crippen molar-refractivity contribution in [1.29, 1.82) is 0 Å². The van der Waals surface area contributed by atoms with E-state index >= 15 is 0 Å². The Balaban J connectivity index is 2.34. The highest BCUT2D eigenvalue weighted by molar-refractivity contribution is 7.89. The Morgan fingerprint density at radius 1 is 1.09 bits per heavy atom. The minimum Gasteiger partial charge on any atom is -0.500 e. The molecule has 0 spiro atoms. The largest absolute Gasteiger partial charge is 0.500 e. The third-order valence-corrected chi connectivity index (χ3v) is 4.76. The van der Waals surface area contributed by atoms with Crippen molar-refractivity contribution in [2.24, 2.45) is 0 Å². The minimum atomic E-state index is -3.67. The highest BCUT2D eigenvalue weighted by atomic mass is 32.2. The minimum absolute atomic E-state index is 0.211. The molecule has 116 valence electrons. The van der Waals surface area contributed by atoms with E-state index in [4.69, 9.17) is 4.74 Å². The van der Waals surface area contributed by atoms with Gasteiger partial charge in [0.2, 0.25) is 10.0 Å². The fourth-order valence-corrected chi connectivity index (χ4v) is 3.23. The zero-order valence-electron chi connectivity index (χ0n) is 12.6. The molecule has 2 aromatic rings. The third-order valence-electron chi connectivity index (χ3n) is 3.32. The van der Waals surface area contributed by atoms with Crippen LogP contribution in [-0.4, -0.2) is 15.5 Å². The number of aryl methyl sites for hydroxylation is 1. The molecule has 0 saturated heterocycles. The van der Waals surface area contributed by atoms with E-state index in [9.17, 15) is 8.42 Å². The molecule has 0 heterocycles. The molecule has 0 aliphatic heterocycles. The molecule has 0 bridgehead atoms. The summed E-state index contributed by atoms with van der Waals surface area (Å²) in [5.41, 5.74) is 1.77. The van der Waals surface area contributed by atoms with Crippen LogP contribution in [0.1, 0.15) is 17.2 Å². The zero-order chi connectivity index (χ0) is 16.2. The van der Waals surface area contributed by atoms with Crippen molar-refractivity contribution in [3.05, 3.63) is 78.1 Å². The lowest BCUT2D eigenvalue weighted by atomic mass is 10.1. The number of methoxy groups -OCH3 is 1. The Labute approximate surface area is 131 Å². The number of nitrogens with one attached hydrogen (secondary N) is 1. The molecule has 1 unspecified atom stereocenters. The maximum absolute atomic E-state index is 12.5. The Kier molecular flexibility index (Phi) is 5.00. The highest BCUT2D eigenvalue weighted by Gasteiger charge is 2.24. The van der Waals surface area contributed by atoms with Crippen molar-refractivity contribution >= 4 is 10.0 Å². The fourth-order valence-electron chi connectivity index (χ4n) is 2.02. The molecule has 2 aromatic carbocycles. The van der Waals surface area contributed by atoms with Gasteiger partial charge in [-0.05, 0) is 24.6 Å². The predicted molar refractivity (Wildman–Crippen MR) is 86.8 cm³/mol. The molecule has 0 saturated carbocycles. The van der Waals surface area contributed by atoms with E-state index in [0.717, 1.165) is 11.1 Å². The molecule has 0 aliphatic carbocycles. The maximum atomic E-state index is 12.5. The van der Waals surface area contributed by atoms with Gasteiger partial charge in [0.05, 0.1) is 12.0 Å². The lowest BCUT2D eigenvalue weighted by Gasteiger charge is -2.20. The summed E-state index contributed by atoms with van der Waals surface area (Å²) < 4.78 is 32.9. The monoisotopic (exact) mass is 317 g/mol. The van der Waals surface area contributed by atoms with Crippen LogP contribution in [0.4, 0.5) is 0 Å². The van der Waals surface area contributed by atoms with E-state index in [1.165, 1.54) is 7.11 Å². The van der Waals surface area contributed by atoms with Crippen molar-refractivity contribution in [3.63, 3.8) is 0 Å². The van der Waals surface area contributed by atoms with Gasteiger partial charge in [0.1, 0.15) is 11.8 Å². The molecule has 0 radical (unpaired) electrons. The van der Waals surface area contributed by atoms with Crippen molar-refractivity contribution < 1.29 is 13.2 Å². The van der Waals surface area contributed by atoms with Gasteiger partial charge in [0, 0.05) is 0 Å². The van der Waals surface area contributed by atoms with Crippen LogP contribution in [0, 0.1) is 6.92 Å².